The van der Waals surface area contributed by atoms with Gasteiger partial charge in [-0.2, -0.15) is 0 Å². The van der Waals surface area contributed by atoms with Gasteiger partial charge in [0.15, 0.2) is 5.82 Å². The molecular weight excluding hydrogens is 409 g/mol. The molecular formula is C21H23Cl2N5O. The van der Waals surface area contributed by atoms with Gasteiger partial charge in [-0.05, 0) is 42.8 Å². The van der Waals surface area contributed by atoms with Crippen LogP contribution in [0.25, 0.3) is 0 Å². The van der Waals surface area contributed by atoms with Crippen LogP contribution in [-0.2, 0) is 19.4 Å². The highest BCUT2D eigenvalue weighted by molar-refractivity contribution is 6.30. The third-order valence-corrected chi connectivity index (χ3v) is 4.97. The number of aromatic nitrogens is 3. The standard InChI is InChI=1S/C21H23Cl2N5O/c22-17-6-4-16(5-7-17)8-11-24-13-14-28-19(23)15-27-20(21(28)29)26-12-9-18-3-1-2-10-25-18/h1-7,10,15,24H,8-9,11-14H2,(H,26,27). The fourth-order valence-corrected chi connectivity index (χ4v) is 3.19. The Morgan fingerprint density at radius 2 is 1.76 bits per heavy atom. The maximum absolute atomic E-state index is 12.6. The van der Waals surface area contributed by atoms with Crippen molar-refractivity contribution in [3.63, 3.8) is 0 Å². The highest BCUT2D eigenvalue weighted by atomic mass is 35.5. The highest BCUT2D eigenvalue weighted by Crippen LogP contribution is 2.09. The van der Waals surface area contributed by atoms with Crippen molar-refractivity contribution in [2.75, 3.05) is 25.0 Å². The third-order valence-electron chi connectivity index (χ3n) is 4.42. The molecule has 8 heteroatoms. The first kappa shape index (κ1) is 21.3. The summed E-state index contributed by atoms with van der Waals surface area (Å²) < 4.78 is 1.52. The number of pyridine rings is 1. The van der Waals surface area contributed by atoms with Crippen LogP contribution in [0, 0.1) is 0 Å². The number of hydrogen-bond donors (Lipinski definition) is 2. The summed E-state index contributed by atoms with van der Waals surface area (Å²) in [5.74, 6) is 0.298. The van der Waals surface area contributed by atoms with Crippen molar-refractivity contribution in [1.82, 2.24) is 19.9 Å². The molecule has 3 rings (SSSR count). The summed E-state index contributed by atoms with van der Waals surface area (Å²) in [6.07, 6.45) is 4.84. The van der Waals surface area contributed by atoms with Crippen molar-refractivity contribution < 1.29 is 0 Å². The van der Waals surface area contributed by atoms with Crippen LogP contribution in [0.4, 0.5) is 5.82 Å². The average molecular weight is 432 g/mol. The molecule has 0 radical (unpaired) electrons. The van der Waals surface area contributed by atoms with Gasteiger partial charge in [-0.15, -0.1) is 0 Å². The topological polar surface area (TPSA) is 71.8 Å². The van der Waals surface area contributed by atoms with E-state index >= 15 is 0 Å². The Kier molecular flexibility index (Phi) is 8.04. The van der Waals surface area contributed by atoms with Crippen LogP contribution in [0.1, 0.15) is 11.3 Å². The predicted octanol–water partition coefficient (Wildman–Crippen LogP) is 3.43. The van der Waals surface area contributed by atoms with Crippen LogP contribution in [0.15, 0.2) is 59.7 Å². The van der Waals surface area contributed by atoms with E-state index in [1.54, 1.807) is 6.20 Å². The lowest BCUT2D eigenvalue weighted by Gasteiger charge is -2.12. The van der Waals surface area contributed by atoms with Crippen LogP contribution in [0.2, 0.25) is 10.2 Å². The van der Waals surface area contributed by atoms with Gasteiger partial charge < -0.3 is 10.6 Å². The van der Waals surface area contributed by atoms with Gasteiger partial charge in [0.05, 0.1) is 6.20 Å². The minimum atomic E-state index is -0.224. The van der Waals surface area contributed by atoms with E-state index < -0.39 is 0 Å². The molecule has 0 bridgehead atoms. The fourth-order valence-electron chi connectivity index (χ4n) is 2.85. The Labute approximate surface area is 179 Å². The summed E-state index contributed by atoms with van der Waals surface area (Å²) in [5, 5.41) is 7.48. The van der Waals surface area contributed by atoms with Gasteiger partial charge in [0.1, 0.15) is 5.15 Å². The second kappa shape index (κ2) is 11.0. The van der Waals surface area contributed by atoms with Gasteiger partial charge in [0.2, 0.25) is 0 Å². The van der Waals surface area contributed by atoms with Crippen molar-refractivity contribution in [2.24, 2.45) is 0 Å². The maximum atomic E-state index is 12.6. The lowest BCUT2D eigenvalue weighted by molar-refractivity contribution is 0.585. The highest BCUT2D eigenvalue weighted by Gasteiger charge is 2.09. The van der Waals surface area contributed by atoms with E-state index in [0.29, 0.717) is 37.0 Å². The SMILES string of the molecule is O=c1c(NCCc2ccccn2)ncc(Cl)n1CCNCCc1ccc(Cl)cc1. The molecule has 0 aliphatic rings. The Bertz CT molecular complexity index is 961. The molecule has 2 heterocycles. The molecule has 0 aliphatic heterocycles. The molecule has 2 N–H and O–H groups in total. The summed E-state index contributed by atoms with van der Waals surface area (Å²) in [4.78, 5) is 21.0. The van der Waals surface area contributed by atoms with E-state index in [9.17, 15) is 4.79 Å². The van der Waals surface area contributed by atoms with Gasteiger partial charge in [-0.3, -0.25) is 14.3 Å². The Morgan fingerprint density at radius 3 is 2.52 bits per heavy atom. The molecule has 1 aromatic carbocycles. The van der Waals surface area contributed by atoms with Crippen molar-refractivity contribution in [2.45, 2.75) is 19.4 Å². The minimum absolute atomic E-state index is 0.224. The molecule has 0 amide bonds. The number of anilines is 1. The number of rotatable bonds is 10. The fraction of sp³-hybridized carbons (Fsp3) is 0.286. The molecule has 152 valence electrons. The van der Waals surface area contributed by atoms with Crippen LogP contribution < -0.4 is 16.2 Å². The van der Waals surface area contributed by atoms with E-state index in [1.807, 2.05) is 42.5 Å². The maximum Gasteiger partial charge on any atom is 0.294 e. The number of halogens is 2. The zero-order chi connectivity index (χ0) is 20.5. The van der Waals surface area contributed by atoms with Crippen molar-refractivity contribution in [1.29, 1.82) is 0 Å². The van der Waals surface area contributed by atoms with Gasteiger partial charge in [0, 0.05) is 43.0 Å². The van der Waals surface area contributed by atoms with E-state index in [0.717, 1.165) is 23.7 Å². The van der Waals surface area contributed by atoms with E-state index in [-0.39, 0.29) is 5.56 Å². The predicted molar refractivity (Wildman–Crippen MR) is 118 cm³/mol. The Morgan fingerprint density at radius 1 is 0.931 bits per heavy atom. The number of benzene rings is 1. The molecule has 0 spiro atoms. The molecule has 0 fully saturated rings. The molecule has 0 atom stereocenters. The monoisotopic (exact) mass is 431 g/mol. The summed E-state index contributed by atoms with van der Waals surface area (Å²) in [6, 6.07) is 13.6. The van der Waals surface area contributed by atoms with Crippen molar-refractivity contribution in [3.8, 4) is 0 Å². The lowest BCUT2D eigenvalue weighted by atomic mass is 10.1. The molecule has 0 saturated heterocycles. The second-order valence-electron chi connectivity index (χ2n) is 6.51. The smallest absolute Gasteiger partial charge is 0.294 e. The van der Waals surface area contributed by atoms with Crippen LogP contribution in [-0.4, -0.2) is 34.2 Å². The van der Waals surface area contributed by atoms with Gasteiger partial charge in [-0.25, -0.2) is 4.98 Å². The third kappa shape index (κ3) is 6.56. The van der Waals surface area contributed by atoms with Crippen LogP contribution in [0.5, 0.6) is 0 Å². The zero-order valence-corrected chi connectivity index (χ0v) is 17.5. The van der Waals surface area contributed by atoms with E-state index in [4.69, 9.17) is 23.2 Å². The molecule has 2 aromatic heterocycles. The van der Waals surface area contributed by atoms with Crippen molar-refractivity contribution in [3.05, 3.63) is 86.6 Å². The molecule has 29 heavy (non-hydrogen) atoms. The van der Waals surface area contributed by atoms with E-state index in [2.05, 4.69) is 20.6 Å². The first-order valence-corrected chi connectivity index (χ1v) is 10.2. The first-order valence-electron chi connectivity index (χ1n) is 9.48. The number of nitrogens with one attached hydrogen (secondary N) is 2. The van der Waals surface area contributed by atoms with Crippen molar-refractivity contribution >= 4 is 29.0 Å². The van der Waals surface area contributed by atoms with Gasteiger partial charge >= 0.3 is 0 Å². The lowest BCUT2D eigenvalue weighted by Crippen LogP contribution is -2.31. The van der Waals surface area contributed by atoms with Crippen LogP contribution in [0.3, 0.4) is 0 Å². The summed E-state index contributed by atoms with van der Waals surface area (Å²) in [6.45, 7) is 2.47. The largest absolute Gasteiger partial charge is 0.365 e. The first-order chi connectivity index (χ1) is 14.1. The molecule has 0 aliphatic carbocycles. The average Bonchev–Trinajstić information content (AvgIpc) is 2.74. The van der Waals surface area contributed by atoms with E-state index in [1.165, 1.54) is 16.3 Å². The Hall–Kier alpha value is -2.41. The molecule has 0 unspecified atom stereocenters. The summed E-state index contributed by atoms with van der Waals surface area (Å²) in [5.41, 5.74) is 1.94. The molecule has 3 aromatic rings. The second-order valence-corrected chi connectivity index (χ2v) is 7.33. The quantitative estimate of drug-likeness (QED) is 0.481. The number of nitrogens with zero attached hydrogens (tertiary/aromatic N) is 3. The van der Waals surface area contributed by atoms with Gasteiger partial charge in [-0.1, -0.05) is 41.4 Å². The minimum Gasteiger partial charge on any atom is -0.365 e. The van der Waals surface area contributed by atoms with Crippen LogP contribution >= 0.6 is 23.2 Å². The molecule has 0 saturated carbocycles. The number of hydrogen-bond acceptors (Lipinski definition) is 5. The Balaban J connectivity index is 1.47. The summed E-state index contributed by atoms with van der Waals surface area (Å²) >= 11 is 12.1. The summed E-state index contributed by atoms with van der Waals surface area (Å²) in [7, 11) is 0. The molecule has 6 nitrogen and oxygen atoms in total. The normalized spacial score (nSPS) is 10.8. The van der Waals surface area contributed by atoms with Gasteiger partial charge in [0.25, 0.3) is 5.56 Å². The zero-order valence-electron chi connectivity index (χ0n) is 15.9.